The normalized spacial score (nSPS) is 21.1. The first-order valence-corrected chi connectivity index (χ1v) is 10.9. The lowest BCUT2D eigenvalue weighted by atomic mass is 9.92. The molecule has 3 heterocycles. The Balaban J connectivity index is 1.58. The van der Waals surface area contributed by atoms with Gasteiger partial charge in [0.25, 0.3) is 0 Å². The Hall–Kier alpha value is -2.82. The molecule has 2 aliphatic heterocycles. The molecule has 5 nitrogen and oxygen atoms in total. The number of ether oxygens (including phenoxy) is 1. The molecule has 158 valence electrons. The molecule has 2 aliphatic rings. The molecule has 30 heavy (non-hydrogen) atoms. The number of amides is 1. The van der Waals surface area contributed by atoms with Gasteiger partial charge in [-0.1, -0.05) is 17.7 Å². The van der Waals surface area contributed by atoms with Gasteiger partial charge in [0.1, 0.15) is 5.76 Å². The first-order valence-electron chi connectivity index (χ1n) is 10.9. The van der Waals surface area contributed by atoms with E-state index in [1.165, 1.54) is 22.4 Å². The van der Waals surface area contributed by atoms with Crippen LogP contribution in [0.4, 0.5) is 10.5 Å². The monoisotopic (exact) mass is 405 g/mol. The Labute approximate surface area is 179 Å². The average molecular weight is 406 g/mol. The summed E-state index contributed by atoms with van der Waals surface area (Å²) in [5, 5.41) is 0. The maximum atomic E-state index is 12.7. The molecule has 0 aliphatic carbocycles. The molecule has 2 aromatic rings. The fourth-order valence-electron chi connectivity index (χ4n) is 4.74. The predicted octanol–water partition coefficient (Wildman–Crippen LogP) is 5.06. The maximum Gasteiger partial charge on any atom is 0.414 e. The third-order valence-electron chi connectivity index (χ3n) is 6.41. The quantitative estimate of drug-likeness (QED) is 0.667. The summed E-state index contributed by atoms with van der Waals surface area (Å²) < 4.78 is 5.52. The molecule has 0 saturated carbocycles. The zero-order valence-electron chi connectivity index (χ0n) is 18.2. The van der Waals surface area contributed by atoms with Crippen LogP contribution in [0.2, 0.25) is 0 Å². The van der Waals surface area contributed by atoms with E-state index in [2.05, 4.69) is 47.1 Å². The summed E-state index contributed by atoms with van der Waals surface area (Å²) in [6, 6.07) is 11.4. The van der Waals surface area contributed by atoms with Crippen molar-refractivity contribution in [2.24, 2.45) is 0 Å². The van der Waals surface area contributed by atoms with Crippen molar-refractivity contribution in [3.8, 4) is 0 Å². The summed E-state index contributed by atoms with van der Waals surface area (Å²) in [6.07, 6.45) is 8.39. The molecule has 1 saturated heterocycles. The van der Waals surface area contributed by atoms with Gasteiger partial charge in [-0.25, -0.2) is 4.79 Å². The number of likely N-dealkylation sites (tertiary alicyclic amines) is 1. The predicted molar refractivity (Wildman–Crippen MR) is 120 cm³/mol. The molecule has 1 aromatic heterocycles. The molecule has 1 aromatic carbocycles. The van der Waals surface area contributed by atoms with Crippen molar-refractivity contribution < 1.29 is 9.53 Å². The van der Waals surface area contributed by atoms with Crippen LogP contribution in [0, 0.1) is 6.92 Å². The highest BCUT2D eigenvalue weighted by atomic mass is 16.6. The molecule has 2 atom stereocenters. The second-order valence-corrected chi connectivity index (χ2v) is 8.39. The topological polar surface area (TPSA) is 45.7 Å². The summed E-state index contributed by atoms with van der Waals surface area (Å²) in [5.74, 6) is 0.973. The SMILES string of the molecule is C/C=C(\C)OC(=O)N1CCC[C@H]2[C@@H](C1)c1cc(C)ccc1N2CCc1ccncc1. The van der Waals surface area contributed by atoms with E-state index >= 15 is 0 Å². The summed E-state index contributed by atoms with van der Waals surface area (Å²) in [6.45, 7) is 8.30. The van der Waals surface area contributed by atoms with Crippen LogP contribution < -0.4 is 4.90 Å². The Kier molecular flexibility index (Phi) is 6.07. The molecule has 1 amide bonds. The number of rotatable bonds is 4. The minimum absolute atomic E-state index is 0.226. The highest BCUT2D eigenvalue weighted by Gasteiger charge is 2.41. The standard InChI is InChI=1S/C25H31N3O2/c1-4-19(3)30-25(29)27-14-5-6-23-22(17-27)21-16-18(2)7-8-24(21)28(23)15-11-20-9-12-26-13-10-20/h4,7-10,12-13,16,22-23H,5-6,11,14-15,17H2,1-3H3/b19-4+/t22-,23-/m0/s1. The number of fused-ring (bicyclic) bond motifs is 3. The first-order chi connectivity index (χ1) is 14.6. The molecule has 0 N–H and O–H groups in total. The van der Waals surface area contributed by atoms with E-state index in [1.54, 1.807) is 0 Å². The molecule has 5 heteroatoms. The average Bonchev–Trinajstić information content (AvgIpc) is 2.90. The van der Waals surface area contributed by atoms with Crippen molar-refractivity contribution in [1.82, 2.24) is 9.88 Å². The van der Waals surface area contributed by atoms with Crippen LogP contribution in [0.3, 0.4) is 0 Å². The van der Waals surface area contributed by atoms with E-state index in [-0.39, 0.29) is 6.09 Å². The first kappa shape index (κ1) is 20.5. The molecule has 0 unspecified atom stereocenters. The van der Waals surface area contributed by atoms with E-state index in [0.29, 0.717) is 24.3 Å². The number of hydrogen-bond donors (Lipinski definition) is 0. The summed E-state index contributed by atoms with van der Waals surface area (Å²) >= 11 is 0. The van der Waals surface area contributed by atoms with Crippen molar-refractivity contribution in [2.75, 3.05) is 24.5 Å². The van der Waals surface area contributed by atoms with Gasteiger partial charge in [0, 0.05) is 49.7 Å². The van der Waals surface area contributed by atoms with E-state index in [1.807, 2.05) is 37.2 Å². The van der Waals surface area contributed by atoms with Gasteiger partial charge in [-0.15, -0.1) is 0 Å². The lowest BCUT2D eigenvalue weighted by Gasteiger charge is -2.30. The third-order valence-corrected chi connectivity index (χ3v) is 6.41. The third kappa shape index (κ3) is 4.20. The van der Waals surface area contributed by atoms with E-state index in [9.17, 15) is 4.79 Å². The molecule has 0 bridgehead atoms. The number of carbonyl (C=O) groups excluding carboxylic acids is 1. The van der Waals surface area contributed by atoms with E-state index in [0.717, 1.165) is 32.4 Å². The van der Waals surface area contributed by atoms with Crippen molar-refractivity contribution in [3.05, 3.63) is 71.3 Å². The number of anilines is 1. The van der Waals surface area contributed by atoms with Crippen molar-refractivity contribution in [3.63, 3.8) is 0 Å². The Morgan fingerprint density at radius 1 is 1.27 bits per heavy atom. The van der Waals surface area contributed by atoms with E-state index < -0.39 is 0 Å². The maximum absolute atomic E-state index is 12.7. The smallest absolute Gasteiger partial charge is 0.414 e. The molecular weight excluding hydrogens is 374 g/mol. The van der Waals surface area contributed by atoms with Crippen LogP contribution in [0.5, 0.6) is 0 Å². The molecule has 0 spiro atoms. The lowest BCUT2D eigenvalue weighted by molar-refractivity contribution is 0.128. The molecule has 1 fully saturated rings. The van der Waals surface area contributed by atoms with Gasteiger partial charge in [-0.05, 0) is 75.4 Å². The largest absolute Gasteiger partial charge is 0.415 e. The number of aryl methyl sites for hydroxylation is 1. The molecule has 0 radical (unpaired) electrons. The molecular formula is C25H31N3O2. The zero-order chi connectivity index (χ0) is 21.1. The van der Waals surface area contributed by atoms with E-state index in [4.69, 9.17) is 4.74 Å². The number of benzene rings is 1. The number of carbonyl (C=O) groups is 1. The minimum atomic E-state index is -0.226. The fourth-order valence-corrected chi connectivity index (χ4v) is 4.74. The van der Waals surface area contributed by atoms with Gasteiger partial charge >= 0.3 is 6.09 Å². The van der Waals surface area contributed by atoms with Crippen molar-refractivity contribution in [2.45, 2.75) is 52.0 Å². The number of allylic oxidation sites excluding steroid dienone is 2. The number of hydrogen-bond acceptors (Lipinski definition) is 4. The van der Waals surface area contributed by atoms with Gasteiger partial charge in [0.15, 0.2) is 0 Å². The van der Waals surface area contributed by atoms with Crippen LogP contribution >= 0.6 is 0 Å². The second kappa shape index (κ2) is 8.90. The van der Waals surface area contributed by atoms with Crippen LogP contribution in [-0.4, -0.2) is 41.7 Å². The Morgan fingerprint density at radius 3 is 2.83 bits per heavy atom. The highest BCUT2D eigenvalue weighted by Crippen LogP contribution is 2.44. The lowest BCUT2D eigenvalue weighted by Crippen LogP contribution is -2.39. The number of nitrogens with zero attached hydrogens (tertiary/aromatic N) is 3. The fraction of sp³-hybridized carbons (Fsp3) is 0.440. The Morgan fingerprint density at radius 2 is 2.07 bits per heavy atom. The zero-order valence-corrected chi connectivity index (χ0v) is 18.2. The van der Waals surface area contributed by atoms with Crippen LogP contribution in [0.25, 0.3) is 0 Å². The number of aromatic nitrogens is 1. The van der Waals surface area contributed by atoms with Crippen LogP contribution in [-0.2, 0) is 11.2 Å². The van der Waals surface area contributed by atoms with Gasteiger partial charge in [-0.2, -0.15) is 0 Å². The molecule has 4 rings (SSSR count). The summed E-state index contributed by atoms with van der Waals surface area (Å²) in [4.78, 5) is 21.3. The van der Waals surface area contributed by atoms with Crippen molar-refractivity contribution in [1.29, 1.82) is 0 Å². The Bertz CT molecular complexity index is 925. The van der Waals surface area contributed by atoms with Gasteiger partial charge < -0.3 is 14.5 Å². The van der Waals surface area contributed by atoms with Crippen molar-refractivity contribution >= 4 is 11.8 Å². The van der Waals surface area contributed by atoms with Crippen LogP contribution in [0.15, 0.2) is 54.6 Å². The summed E-state index contributed by atoms with van der Waals surface area (Å²) in [7, 11) is 0. The minimum Gasteiger partial charge on any atom is -0.415 e. The highest BCUT2D eigenvalue weighted by molar-refractivity contribution is 5.70. The summed E-state index contributed by atoms with van der Waals surface area (Å²) in [5.41, 5.74) is 5.27. The van der Waals surface area contributed by atoms with Gasteiger partial charge in [0.05, 0.1) is 0 Å². The van der Waals surface area contributed by atoms with Gasteiger partial charge in [0.2, 0.25) is 0 Å². The van der Waals surface area contributed by atoms with Crippen LogP contribution in [0.1, 0.15) is 49.3 Å². The van der Waals surface area contributed by atoms with Gasteiger partial charge in [-0.3, -0.25) is 4.98 Å². The second-order valence-electron chi connectivity index (χ2n) is 8.39. The number of pyridine rings is 1.